The van der Waals surface area contributed by atoms with Gasteiger partial charge in [0.25, 0.3) is 0 Å². The van der Waals surface area contributed by atoms with Crippen LogP contribution >= 0.6 is 0 Å². The Morgan fingerprint density at radius 3 is 1.00 bits per heavy atom. The summed E-state index contributed by atoms with van der Waals surface area (Å²) in [6, 6.07) is 0. The van der Waals surface area contributed by atoms with Gasteiger partial charge in [-0.2, -0.15) is 0 Å². The second-order valence-electron chi connectivity index (χ2n) is 0. The molecular weight excluding hydrogens is 659 g/mol. The summed E-state index contributed by atoms with van der Waals surface area (Å²) < 4.78 is 0. The smallest absolute Gasteiger partial charge is 0 e. The number of hydrogen-bond acceptors (Lipinski definition) is 0. The average Bonchev–Trinajstić information content (AvgIpc) is 0. The Balaban J connectivity index is 0. The Morgan fingerprint density at radius 1 is 1.00 bits per heavy atom. The first kappa shape index (κ1) is 36.8. The summed E-state index contributed by atoms with van der Waals surface area (Å²) in [5.74, 6) is 0. The Hall–Kier alpha value is 3.86. The molecule has 5 heavy (non-hydrogen) atoms. The summed E-state index contributed by atoms with van der Waals surface area (Å²) in [6.45, 7) is 0. The maximum absolute atomic E-state index is 0. The summed E-state index contributed by atoms with van der Waals surface area (Å²) in [7, 11) is 0. The van der Waals surface area contributed by atoms with E-state index in [2.05, 4.69) is 0 Å². The fourth-order valence-electron chi connectivity index (χ4n) is 0. The Labute approximate surface area is 115 Å². The van der Waals surface area contributed by atoms with Crippen molar-refractivity contribution in [3.63, 3.8) is 0 Å². The van der Waals surface area contributed by atoms with E-state index in [9.17, 15) is 0 Å². The molecule has 24 valence electrons. The first-order chi connectivity index (χ1) is 0. The molecule has 0 aromatic rings. The Bertz CT molecular complexity index is 11.6. The summed E-state index contributed by atoms with van der Waals surface area (Å²) >= 11 is 0. The van der Waals surface area contributed by atoms with Crippen LogP contribution in [0.4, 0.5) is 0 Å². The van der Waals surface area contributed by atoms with E-state index in [1.165, 1.54) is 0 Å². The van der Waals surface area contributed by atoms with Crippen LogP contribution in [-0.4, -0.2) is 45.3 Å². The predicted molar refractivity (Wildman–Crippen MR) is 11.5 cm³/mol. The van der Waals surface area contributed by atoms with Crippen LogP contribution in [0.15, 0.2) is 0 Å². The molecule has 0 rings (SSSR count). The second-order valence-corrected chi connectivity index (χ2v) is 0. The molecule has 0 amide bonds. The molecule has 0 aromatic heterocycles. The standard InChI is InChI=1S/As.Cd.Cu.Hg.Pb. The van der Waals surface area contributed by atoms with Crippen molar-refractivity contribution in [1.29, 1.82) is 0 Å². The predicted octanol–water partition coefficient (Wildman–Crippen LogP) is -0.769. The molecule has 5 heteroatoms. The molecular formula is AsCdCuHgPb. The van der Waals surface area contributed by atoms with Gasteiger partial charge in [-0.05, 0) is 0 Å². The van der Waals surface area contributed by atoms with Crippen LogP contribution in [0, 0.1) is 0 Å². The van der Waals surface area contributed by atoms with Crippen LogP contribution in [0.2, 0.25) is 0 Å². The van der Waals surface area contributed by atoms with Crippen molar-refractivity contribution < 1.29 is 72.0 Å². The minimum Gasteiger partial charge on any atom is 0 e. The fourth-order valence-corrected chi connectivity index (χ4v) is 0. The van der Waals surface area contributed by atoms with Crippen molar-refractivity contribution in [3.8, 4) is 0 Å². The molecule has 0 unspecified atom stereocenters. The van der Waals surface area contributed by atoms with Crippen molar-refractivity contribution in [3.05, 3.63) is 0 Å². The van der Waals surface area contributed by atoms with Gasteiger partial charge in [0, 0.05) is 117 Å². The maximum Gasteiger partial charge on any atom is 0 e. The van der Waals surface area contributed by atoms with E-state index < -0.39 is 0 Å². The minimum atomic E-state index is 0. The summed E-state index contributed by atoms with van der Waals surface area (Å²) in [4.78, 5) is 0. The third-order valence-corrected chi connectivity index (χ3v) is 0. The van der Waals surface area contributed by atoms with E-state index in [-0.39, 0.29) is 117 Å². The zero-order valence-electron chi connectivity index (χ0n) is 2.66. The van der Waals surface area contributed by atoms with Gasteiger partial charge in [0.2, 0.25) is 0 Å². The van der Waals surface area contributed by atoms with Gasteiger partial charge in [-0.25, -0.2) is 0 Å². The van der Waals surface area contributed by atoms with Crippen LogP contribution in [-0.2, 0) is 72.0 Å². The Morgan fingerprint density at radius 2 is 1.00 bits per heavy atom. The molecule has 0 N–H and O–H groups in total. The normalized spacial score (nSPS) is 0. The van der Waals surface area contributed by atoms with Crippen molar-refractivity contribution in [2.24, 2.45) is 0 Å². The molecule has 0 aliphatic carbocycles. The molecule has 0 spiro atoms. The molecule has 0 aromatic carbocycles. The molecule has 0 atom stereocenters. The van der Waals surface area contributed by atoms with Gasteiger partial charge in [0.15, 0.2) is 0 Å². The van der Waals surface area contributed by atoms with Crippen LogP contribution in [0.3, 0.4) is 0 Å². The Kier molecular flexibility index (Phi) is 183. The minimum absolute atomic E-state index is 0. The molecule has 0 saturated heterocycles. The zero-order chi connectivity index (χ0) is 0. The SMILES string of the molecule is [As].[Cd].[Cu].[Hg].[Pb]. The first-order valence-electron chi connectivity index (χ1n) is 0. The largest absolute Gasteiger partial charge is 0 e. The topological polar surface area (TPSA) is 0 Å². The number of hydrogen-bond donors (Lipinski definition) is 0. The third-order valence-electron chi connectivity index (χ3n) is 0. The van der Waals surface area contributed by atoms with Crippen LogP contribution in [0.5, 0.6) is 0 Å². The molecule has 0 bridgehead atoms. The van der Waals surface area contributed by atoms with E-state index in [4.69, 9.17) is 0 Å². The monoisotopic (exact) mass is 662 g/mol. The van der Waals surface area contributed by atoms with Gasteiger partial charge >= 0.3 is 0 Å². The molecule has 0 nitrogen and oxygen atoms in total. The summed E-state index contributed by atoms with van der Waals surface area (Å²) in [6.07, 6.45) is 0. The first-order valence-corrected chi connectivity index (χ1v) is 0. The van der Waals surface area contributed by atoms with Gasteiger partial charge in [0.05, 0.1) is 0 Å². The van der Waals surface area contributed by atoms with Crippen molar-refractivity contribution in [2.75, 3.05) is 0 Å². The van der Waals surface area contributed by atoms with E-state index in [1.807, 2.05) is 0 Å². The van der Waals surface area contributed by atoms with Gasteiger partial charge in [-0.3, -0.25) is 0 Å². The molecule has 0 heterocycles. The van der Waals surface area contributed by atoms with Gasteiger partial charge < -0.3 is 0 Å². The number of rotatable bonds is 0. The molecule has 0 fully saturated rings. The van der Waals surface area contributed by atoms with Gasteiger partial charge in [-0.15, -0.1) is 0 Å². The summed E-state index contributed by atoms with van der Waals surface area (Å²) in [5, 5.41) is 0. The molecule has 8 radical (unpaired) electrons. The molecule has 0 aliphatic rings. The van der Waals surface area contributed by atoms with Crippen molar-refractivity contribution in [1.82, 2.24) is 0 Å². The quantitative estimate of drug-likeness (QED) is 0.301. The third kappa shape index (κ3) is 18.1. The zero-order valence-corrected chi connectivity index (χ0v) is 18.9. The van der Waals surface area contributed by atoms with Crippen LogP contribution < -0.4 is 0 Å². The molecule has 0 saturated carbocycles. The fraction of sp³-hybridized carbons (Fsp3) is 0. The van der Waals surface area contributed by atoms with Crippen LogP contribution in [0.1, 0.15) is 0 Å². The van der Waals surface area contributed by atoms with Crippen LogP contribution in [0.25, 0.3) is 0 Å². The van der Waals surface area contributed by atoms with Crippen molar-refractivity contribution >= 4 is 45.3 Å². The van der Waals surface area contributed by atoms with E-state index in [1.54, 1.807) is 0 Å². The maximum atomic E-state index is 0. The van der Waals surface area contributed by atoms with Gasteiger partial charge in [0.1, 0.15) is 0 Å². The van der Waals surface area contributed by atoms with E-state index in [0.717, 1.165) is 0 Å². The average molecular weight is 659 g/mol. The van der Waals surface area contributed by atoms with E-state index >= 15 is 0 Å². The molecule has 0 aliphatic heterocycles. The van der Waals surface area contributed by atoms with Crippen molar-refractivity contribution in [2.45, 2.75) is 0 Å². The summed E-state index contributed by atoms with van der Waals surface area (Å²) in [5.41, 5.74) is 0. The van der Waals surface area contributed by atoms with E-state index in [0.29, 0.717) is 0 Å². The van der Waals surface area contributed by atoms with Gasteiger partial charge in [-0.1, -0.05) is 0 Å². The second kappa shape index (κ2) is 24.8.